The number of aromatic nitrogens is 2. The average Bonchev–Trinajstić information content (AvgIpc) is 2.78. The van der Waals surface area contributed by atoms with E-state index in [0.29, 0.717) is 5.69 Å². The van der Waals surface area contributed by atoms with Gasteiger partial charge >= 0.3 is 0 Å². The molecule has 4 heteroatoms. The van der Waals surface area contributed by atoms with Crippen LogP contribution in [0, 0.1) is 3.57 Å². The smallest absolute Gasteiger partial charge is 0.212 e. The molecule has 0 saturated heterocycles. The molecule has 0 spiro atoms. The third-order valence-electron chi connectivity index (χ3n) is 2.50. The highest BCUT2D eigenvalue weighted by Gasteiger charge is 2.15. The van der Waals surface area contributed by atoms with Crippen molar-refractivity contribution in [2.75, 3.05) is 0 Å². The number of benzene rings is 1. The quantitative estimate of drug-likeness (QED) is 0.633. The van der Waals surface area contributed by atoms with Gasteiger partial charge in [0.2, 0.25) is 5.78 Å². The van der Waals surface area contributed by atoms with Gasteiger partial charge in [-0.15, -0.1) is 0 Å². The maximum Gasteiger partial charge on any atom is 0.212 e. The van der Waals surface area contributed by atoms with Crippen LogP contribution in [0.15, 0.2) is 36.5 Å². The lowest BCUT2D eigenvalue weighted by atomic mass is 10.1. The highest BCUT2D eigenvalue weighted by Crippen LogP contribution is 2.16. The van der Waals surface area contributed by atoms with Gasteiger partial charge in [0.05, 0.1) is 0 Å². The summed E-state index contributed by atoms with van der Waals surface area (Å²) >= 11 is 2.18. The van der Waals surface area contributed by atoms with E-state index in [1.165, 1.54) is 0 Å². The minimum absolute atomic E-state index is 0.0425. The third kappa shape index (κ3) is 2.57. The highest BCUT2D eigenvalue weighted by atomic mass is 127. The van der Waals surface area contributed by atoms with Crippen molar-refractivity contribution in [1.29, 1.82) is 0 Å². The summed E-state index contributed by atoms with van der Waals surface area (Å²) in [6, 6.07) is 9.39. The Hall–Kier alpha value is -1.17. The summed E-state index contributed by atoms with van der Waals surface area (Å²) in [5.41, 5.74) is 1.40. The average molecular weight is 340 g/mol. The molecule has 0 amide bonds. The molecule has 0 aliphatic heterocycles. The van der Waals surface area contributed by atoms with Crippen molar-refractivity contribution in [1.82, 2.24) is 9.78 Å². The number of ketones is 1. The van der Waals surface area contributed by atoms with Crippen LogP contribution in [0.2, 0.25) is 0 Å². The van der Waals surface area contributed by atoms with Crippen LogP contribution in [0.5, 0.6) is 0 Å². The molecule has 1 heterocycles. The van der Waals surface area contributed by atoms with Gasteiger partial charge in [0.15, 0.2) is 0 Å². The Balaban J connectivity index is 2.37. The number of aryl methyl sites for hydroxylation is 1. The summed E-state index contributed by atoms with van der Waals surface area (Å²) in [6.45, 7) is 2.85. The van der Waals surface area contributed by atoms with E-state index in [2.05, 4.69) is 34.6 Å². The van der Waals surface area contributed by atoms with Crippen LogP contribution >= 0.6 is 22.6 Å². The number of halogens is 1. The van der Waals surface area contributed by atoms with Gasteiger partial charge in [-0.1, -0.05) is 19.1 Å². The second kappa shape index (κ2) is 5.44. The first kappa shape index (κ1) is 12.3. The van der Waals surface area contributed by atoms with E-state index in [4.69, 9.17) is 0 Å². The Kier molecular flexibility index (Phi) is 3.93. The zero-order chi connectivity index (χ0) is 12.3. The predicted molar refractivity (Wildman–Crippen MR) is 75.1 cm³/mol. The van der Waals surface area contributed by atoms with Gasteiger partial charge in [0.25, 0.3) is 0 Å². The van der Waals surface area contributed by atoms with Crippen LogP contribution in [0.1, 0.15) is 29.4 Å². The van der Waals surface area contributed by atoms with E-state index in [-0.39, 0.29) is 5.78 Å². The first-order valence-corrected chi connectivity index (χ1v) is 6.63. The topological polar surface area (TPSA) is 34.9 Å². The lowest BCUT2D eigenvalue weighted by molar-refractivity contribution is 0.102. The fourth-order valence-electron chi connectivity index (χ4n) is 1.70. The summed E-state index contributed by atoms with van der Waals surface area (Å²) < 4.78 is 2.74. The van der Waals surface area contributed by atoms with Crippen molar-refractivity contribution < 1.29 is 4.79 Å². The SMILES string of the molecule is CCCn1nccc1C(=O)c1ccccc1I. The molecule has 0 saturated carbocycles. The monoisotopic (exact) mass is 340 g/mol. The van der Waals surface area contributed by atoms with Gasteiger partial charge in [0, 0.05) is 21.9 Å². The molecule has 2 aromatic rings. The Labute approximate surface area is 114 Å². The second-order valence-corrected chi connectivity index (χ2v) is 4.91. The summed E-state index contributed by atoms with van der Waals surface area (Å²) in [5.74, 6) is 0.0425. The third-order valence-corrected chi connectivity index (χ3v) is 3.44. The molecular weight excluding hydrogens is 327 g/mol. The lowest BCUT2D eigenvalue weighted by Gasteiger charge is -2.06. The lowest BCUT2D eigenvalue weighted by Crippen LogP contribution is -2.12. The Morgan fingerprint density at radius 1 is 1.35 bits per heavy atom. The number of rotatable bonds is 4. The van der Waals surface area contributed by atoms with Crippen molar-refractivity contribution in [3.05, 3.63) is 51.4 Å². The summed E-state index contributed by atoms with van der Waals surface area (Å²) in [4.78, 5) is 12.4. The van der Waals surface area contributed by atoms with Crippen molar-refractivity contribution in [3.8, 4) is 0 Å². The van der Waals surface area contributed by atoms with E-state index in [0.717, 1.165) is 22.1 Å². The normalized spacial score (nSPS) is 10.5. The molecule has 1 aromatic heterocycles. The van der Waals surface area contributed by atoms with Crippen molar-refractivity contribution in [3.63, 3.8) is 0 Å². The van der Waals surface area contributed by atoms with E-state index in [9.17, 15) is 4.79 Å². The first-order chi connectivity index (χ1) is 8.24. The highest BCUT2D eigenvalue weighted by molar-refractivity contribution is 14.1. The van der Waals surface area contributed by atoms with Crippen LogP contribution in [-0.4, -0.2) is 15.6 Å². The van der Waals surface area contributed by atoms with Gasteiger partial charge in [0.1, 0.15) is 5.69 Å². The maximum atomic E-state index is 12.4. The fourth-order valence-corrected chi connectivity index (χ4v) is 2.33. The molecule has 17 heavy (non-hydrogen) atoms. The van der Waals surface area contributed by atoms with Crippen molar-refractivity contribution in [2.24, 2.45) is 0 Å². The molecular formula is C13H13IN2O. The minimum Gasteiger partial charge on any atom is -0.287 e. The van der Waals surface area contributed by atoms with Gasteiger partial charge in [-0.2, -0.15) is 5.10 Å². The van der Waals surface area contributed by atoms with Crippen molar-refractivity contribution in [2.45, 2.75) is 19.9 Å². The molecule has 0 bridgehead atoms. The minimum atomic E-state index is 0.0425. The number of carbonyl (C=O) groups is 1. The largest absolute Gasteiger partial charge is 0.287 e. The maximum absolute atomic E-state index is 12.4. The number of nitrogens with zero attached hydrogens (tertiary/aromatic N) is 2. The molecule has 3 nitrogen and oxygen atoms in total. The molecule has 0 N–H and O–H groups in total. The van der Waals surface area contributed by atoms with Crippen LogP contribution in [-0.2, 0) is 6.54 Å². The Morgan fingerprint density at radius 3 is 2.82 bits per heavy atom. The van der Waals surface area contributed by atoms with E-state index in [1.54, 1.807) is 16.9 Å². The van der Waals surface area contributed by atoms with E-state index >= 15 is 0 Å². The molecule has 0 aliphatic rings. The zero-order valence-corrected chi connectivity index (χ0v) is 11.7. The second-order valence-electron chi connectivity index (χ2n) is 3.75. The molecule has 0 unspecified atom stereocenters. The number of hydrogen-bond donors (Lipinski definition) is 0. The number of hydrogen-bond acceptors (Lipinski definition) is 2. The molecule has 0 atom stereocenters. The molecule has 1 aromatic carbocycles. The Morgan fingerprint density at radius 2 is 2.12 bits per heavy atom. The predicted octanol–water partition coefficient (Wildman–Crippen LogP) is 3.13. The standard InChI is InChI=1S/C13H13IN2O/c1-2-9-16-12(7-8-15-16)13(17)10-5-3-4-6-11(10)14/h3-8H,2,9H2,1H3. The molecule has 0 radical (unpaired) electrons. The number of carbonyl (C=O) groups excluding carboxylic acids is 1. The molecule has 0 aliphatic carbocycles. The van der Waals surface area contributed by atoms with Gasteiger partial charge in [-0.3, -0.25) is 9.48 Å². The van der Waals surface area contributed by atoms with E-state index < -0.39 is 0 Å². The fraction of sp³-hybridized carbons (Fsp3) is 0.231. The van der Waals surface area contributed by atoms with Gasteiger partial charge in [-0.05, 0) is 47.2 Å². The Bertz CT molecular complexity index is 534. The first-order valence-electron chi connectivity index (χ1n) is 5.55. The summed E-state index contributed by atoms with van der Waals surface area (Å²) in [5, 5.41) is 4.18. The van der Waals surface area contributed by atoms with Crippen LogP contribution in [0.3, 0.4) is 0 Å². The van der Waals surface area contributed by atoms with Crippen LogP contribution in [0.4, 0.5) is 0 Å². The van der Waals surface area contributed by atoms with Crippen molar-refractivity contribution >= 4 is 28.4 Å². The molecule has 88 valence electrons. The summed E-state index contributed by atoms with van der Waals surface area (Å²) in [7, 11) is 0. The van der Waals surface area contributed by atoms with Gasteiger partial charge in [-0.25, -0.2) is 0 Å². The zero-order valence-electron chi connectivity index (χ0n) is 9.56. The molecule has 0 fully saturated rings. The summed E-state index contributed by atoms with van der Waals surface area (Å²) in [6.07, 6.45) is 2.65. The van der Waals surface area contributed by atoms with E-state index in [1.807, 2.05) is 24.3 Å². The molecule has 2 rings (SSSR count). The van der Waals surface area contributed by atoms with Crippen LogP contribution < -0.4 is 0 Å². The van der Waals surface area contributed by atoms with Crippen LogP contribution in [0.25, 0.3) is 0 Å². The van der Waals surface area contributed by atoms with Gasteiger partial charge < -0.3 is 0 Å².